The molecule has 1 aromatic rings. The maximum Gasteiger partial charge on any atom is 0.0326 e. The van der Waals surface area contributed by atoms with Crippen LogP contribution in [-0.2, 0) is 0 Å². The second-order valence-corrected chi connectivity index (χ2v) is 4.86. The van der Waals surface area contributed by atoms with Gasteiger partial charge in [-0.25, -0.2) is 0 Å². The Morgan fingerprint density at radius 3 is 2.44 bits per heavy atom. The fraction of sp³-hybridized carbons (Fsp3) is 0.571. The molecule has 0 aliphatic heterocycles. The first-order valence-corrected chi connectivity index (χ1v) is 6.02. The van der Waals surface area contributed by atoms with Crippen LogP contribution in [0.15, 0.2) is 18.2 Å². The summed E-state index contributed by atoms with van der Waals surface area (Å²) in [4.78, 5) is 0. The molecule has 0 bridgehead atoms. The lowest BCUT2D eigenvalue weighted by Crippen LogP contribution is -2.20. The summed E-state index contributed by atoms with van der Waals surface area (Å²) in [5.74, 6) is 0.713. The molecule has 1 aliphatic rings. The molecule has 2 N–H and O–H groups in total. The Morgan fingerprint density at radius 2 is 1.81 bits per heavy atom. The van der Waals surface area contributed by atoms with Gasteiger partial charge in [0.05, 0.1) is 0 Å². The fourth-order valence-corrected chi connectivity index (χ4v) is 2.71. The topological polar surface area (TPSA) is 26.0 Å². The van der Waals surface area contributed by atoms with E-state index in [4.69, 9.17) is 5.73 Å². The minimum atomic E-state index is 0. The van der Waals surface area contributed by atoms with E-state index in [1.54, 1.807) is 0 Å². The number of nitrogens with two attached hydrogens (primary N) is 1. The van der Waals surface area contributed by atoms with E-state index in [0.29, 0.717) is 5.92 Å². The highest BCUT2D eigenvalue weighted by Crippen LogP contribution is 2.35. The first-order chi connectivity index (χ1) is 7.20. The van der Waals surface area contributed by atoms with Gasteiger partial charge in [0.15, 0.2) is 0 Å². The summed E-state index contributed by atoms with van der Waals surface area (Å²) in [7, 11) is 0. The van der Waals surface area contributed by atoms with Gasteiger partial charge in [-0.15, -0.1) is 12.4 Å². The highest BCUT2D eigenvalue weighted by Gasteiger charge is 2.24. The summed E-state index contributed by atoms with van der Waals surface area (Å²) in [6.07, 6.45) is 5.36. The fourth-order valence-electron chi connectivity index (χ4n) is 2.71. The predicted molar refractivity (Wildman–Crippen MR) is 72.1 cm³/mol. The summed E-state index contributed by atoms with van der Waals surface area (Å²) in [6.45, 7) is 4.36. The zero-order chi connectivity index (χ0) is 10.8. The average Bonchev–Trinajstić information content (AvgIpc) is 2.74. The summed E-state index contributed by atoms with van der Waals surface area (Å²) in [5.41, 5.74) is 10.5. The number of rotatable bonds is 2. The van der Waals surface area contributed by atoms with Gasteiger partial charge in [0.1, 0.15) is 0 Å². The smallest absolute Gasteiger partial charge is 0.0326 e. The summed E-state index contributed by atoms with van der Waals surface area (Å²) >= 11 is 0. The molecule has 2 heteroatoms. The zero-order valence-electron chi connectivity index (χ0n) is 10.2. The van der Waals surface area contributed by atoms with Crippen LogP contribution in [0.25, 0.3) is 0 Å². The Kier molecular flexibility index (Phi) is 4.82. The van der Waals surface area contributed by atoms with Crippen molar-refractivity contribution in [2.75, 3.05) is 0 Å². The molecule has 0 unspecified atom stereocenters. The van der Waals surface area contributed by atoms with E-state index >= 15 is 0 Å². The van der Waals surface area contributed by atoms with Crippen LogP contribution < -0.4 is 5.73 Å². The Bertz CT molecular complexity index is 343. The number of hydrogen-bond donors (Lipinski definition) is 1. The maximum atomic E-state index is 6.37. The highest BCUT2D eigenvalue weighted by molar-refractivity contribution is 5.85. The SMILES string of the molecule is Cc1cccc([C@H](N)C2CCCC2)c1C.Cl. The first-order valence-electron chi connectivity index (χ1n) is 6.02. The van der Waals surface area contributed by atoms with Crippen LogP contribution in [0.1, 0.15) is 48.4 Å². The zero-order valence-corrected chi connectivity index (χ0v) is 11.0. The summed E-state index contributed by atoms with van der Waals surface area (Å²) in [6, 6.07) is 6.75. The largest absolute Gasteiger partial charge is 0.324 e. The lowest BCUT2D eigenvalue weighted by molar-refractivity contribution is 0.443. The lowest BCUT2D eigenvalue weighted by Gasteiger charge is -2.22. The van der Waals surface area contributed by atoms with Crippen LogP contribution in [0, 0.1) is 19.8 Å². The molecule has 0 heterocycles. The minimum Gasteiger partial charge on any atom is -0.324 e. The molecule has 0 amide bonds. The molecule has 0 spiro atoms. The molecule has 1 nitrogen and oxygen atoms in total. The Balaban J connectivity index is 0.00000128. The van der Waals surface area contributed by atoms with Gasteiger partial charge in [-0.05, 0) is 49.3 Å². The lowest BCUT2D eigenvalue weighted by atomic mass is 9.88. The first kappa shape index (κ1) is 13.5. The van der Waals surface area contributed by atoms with Gasteiger partial charge in [0, 0.05) is 6.04 Å². The van der Waals surface area contributed by atoms with Crippen molar-refractivity contribution >= 4 is 12.4 Å². The molecular weight excluding hydrogens is 218 g/mol. The number of benzene rings is 1. The van der Waals surface area contributed by atoms with E-state index in [9.17, 15) is 0 Å². The monoisotopic (exact) mass is 239 g/mol. The molecule has 1 aromatic carbocycles. The Morgan fingerprint density at radius 1 is 1.19 bits per heavy atom. The second kappa shape index (κ2) is 5.70. The number of hydrogen-bond acceptors (Lipinski definition) is 1. The molecule has 1 saturated carbocycles. The maximum absolute atomic E-state index is 6.37. The molecule has 0 saturated heterocycles. The highest BCUT2D eigenvalue weighted by atomic mass is 35.5. The molecule has 1 aliphatic carbocycles. The molecule has 1 fully saturated rings. The van der Waals surface area contributed by atoms with E-state index in [-0.39, 0.29) is 18.4 Å². The third-order valence-electron chi connectivity index (χ3n) is 3.91. The van der Waals surface area contributed by atoms with E-state index in [2.05, 4.69) is 32.0 Å². The van der Waals surface area contributed by atoms with Crippen LogP contribution in [0.3, 0.4) is 0 Å². The Labute approximate surface area is 105 Å². The molecule has 90 valence electrons. The van der Waals surface area contributed by atoms with Crippen molar-refractivity contribution < 1.29 is 0 Å². The predicted octanol–water partition coefficient (Wildman–Crippen LogP) is 3.92. The van der Waals surface area contributed by atoms with Crippen LogP contribution in [-0.4, -0.2) is 0 Å². The van der Waals surface area contributed by atoms with E-state index < -0.39 is 0 Å². The third kappa shape index (κ3) is 2.58. The molecular formula is C14H22ClN. The molecule has 2 rings (SSSR count). The van der Waals surface area contributed by atoms with Crippen molar-refractivity contribution in [3.8, 4) is 0 Å². The van der Waals surface area contributed by atoms with Gasteiger partial charge in [-0.1, -0.05) is 31.0 Å². The molecule has 0 radical (unpaired) electrons. The van der Waals surface area contributed by atoms with Gasteiger partial charge in [-0.2, -0.15) is 0 Å². The third-order valence-corrected chi connectivity index (χ3v) is 3.91. The average molecular weight is 240 g/mol. The van der Waals surface area contributed by atoms with Crippen LogP contribution in [0.2, 0.25) is 0 Å². The van der Waals surface area contributed by atoms with Gasteiger partial charge in [-0.3, -0.25) is 0 Å². The van der Waals surface area contributed by atoms with Crippen molar-refractivity contribution in [1.82, 2.24) is 0 Å². The van der Waals surface area contributed by atoms with Crippen molar-refractivity contribution in [2.45, 2.75) is 45.6 Å². The normalized spacial score (nSPS) is 18.2. The van der Waals surface area contributed by atoms with Gasteiger partial charge in [0.25, 0.3) is 0 Å². The molecule has 16 heavy (non-hydrogen) atoms. The number of halogens is 1. The van der Waals surface area contributed by atoms with Crippen molar-refractivity contribution in [1.29, 1.82) is 0 Å². The van der Waals surface area contributed by atoms with Crippen LogP contribution in [0.5, 0.6) is 0 Å². The van der Waals surface area contributed by atoms with Gasteiger partial charge < -0.3 is 5.73 Å². The standard InChI is InChI=1S/C14H21N.ClH/c1-10-6-5-9-13(11(10)2)14(15)12-7-3-4-8-12;/h5-6,9,12,14H,3-4,7-8,15H2,1-2H3;1H/t14-;/m1./s1. The van der Waals surface area contributed by atoms with Crippen LogP contribution in [0.4, 0.5) is 0 Å². The minimum absolute atomic E-state index is 0. The number of aryl methyl sites for hydroxylation is 1. The van der Waals surface area contributed by atoms with Crippen LogP contribution >= 0.6 is 12.4 Å². The Hall–Kier alpha value is -0.530. The summed E-state index contributed by atoms with van der Waals surface area (Å²) in [5, 5.41) is 0. The molecule has 0 aromatic heterocycles. The quantitative estimate of drug-likeness (QED) is 0.832. The van der Waals surface area contributed by atoms with Crippen molar-refractivity contribution in [2.24, 2.45) is 11.7 Å². The van der Waals surface area contributed by atoms with Crippen molar-refractivity contribution in [3.63, 3.8) is 0 Å². The molecule has 1 atom stereocenters. The van der Waals surface area contributed by atoms with Gasteiger partial charge >= 0.3 is 0 Å². The van der Waals surface area contributed by atoms with E-state index in [1.807, 2.05) is 0 Å². The van der Waals surface area contributed by atoms with Gasteiger partial charge in [0.2, 0.25) is 0 Å². The van der Waals surface area contributed by atoms with E-state index in [0.717, 1.165) is 0 Å². The van der Waals surface area contributed by atoms with Crippen molar-refractivity contribution in [3.05, 3.63) is 34.9 Å². The summed E-state index contributed by atoms with van der Waals surface area (Å²) < 4.78 is 0. The van der Waals surface area contributed by atoms with E-state index in [1.165, 1.54) is 42.4 Å². The second-order valence-electron chi connectivity index (χ2n) is 4.86.